The van der Waals surface area contributed by atoms with Crippen molar-refractivity contribution in [2.45, 2.75) is 23.7 Å². The lowest BCUT2D eigenvalue weighted by Gasteiger charge is -2.12. The standard InChI is InChI=1S/C5H11IO/c1-5(2,6)3-4-7/h7H,3-4H2,1-2H3. The quantitative estimate of drug-likeness (QED) is 0.546. The largest absolute Gasteiger partial charge is 0.396 e. The highest BCUT2D eigenvalue weighted by Gasteiger charge is 2.09. The smallest absolute Gasteiger partial charge is 0.0443 e. The summed E-state index contributed by atoms with van der Waals surface area (Å²) in [7, 11) is 0. The molecule has 0 bridgehead atoms. The van der Waals surface area contributed by atoms with Crippen LogP contribution in [0.4, 0.5) is 0 Å². The first-order valence-corrected chi connectivity index (χ1v) is 3.44. The van der Waals surface area contributed by atoms with E-state index in [1.807, 2.05) is 0 Å². The van der Waals surface area contributed by atoms with Gasteiger partial charge in [-0.25, -0.2) is 0 Å². The summed E-state index contributed by atoms with van der Waals surface area (Å²) < 4.78 is 0.270. The molecule has 0 heterocycles. The third-order valence-electron chi connectivity index (χ3n) is 0.706. The van der Waals surface area contributed by atoms with Crippen LogP contribution in [0.25, 0.3) is 0 Å². The van der Waals surface area contributed by atoms with Crippen LogP contribution in [0.3, 0.4) is 0 Å². The van der Waals surface area contributed by atoms with E-state index in [2.05, 4.69) is 36.4 Å². The van der Waals surface area contributed by atoms with E-state index >= 15 is 0 Å². The SMILES string of the molecule is CC(C)(I)CCO. The summed E-state index contributed by atoms with van der Waals surface area (Å²) in [4.78, 5) is 0. The second kappa shape index (κ2) is 2.87. The molecule has 0 aliphatic carbocycles. The van der Waals surface area contributed by atoms with Crippen LogP contribution in [-0.4, -0.2) is 15.1 Å². The van der Waals surface area contributed by atoms with E-state index in [0.717, 1.165) is 6.42 Å². The summed E-state index contributed by atoms with van der Waals surface area (Å²) >= 11 is 2.32. The minimum absolute atomic E-state index is 0.270. The molecular formula is C5H11IO. The van der Waals surface area contributed by atoms with Gasteiger partial charge in [0, 0.05) is 10.0 Å². The molecule has 0 aromatic heterocycles. The Hall–Kier alpha value is 0.690. The van der Waals surface area contributed by atoms with Crippen LogP contribution in [0.5, 0.6) is 0 Å². The zero-order valence-corrected chi connectivity index (χ0v) is 6.90. The number of rotatable bonds is 2. The van der Waals surface area contributed by atoms with E-state index < -0.39 is 0 Å². The summed E-state index contributed by atoms with van der Waals surface area (Å²) in [6.07, 6.45) is 0.882. The van der Waals surface area contributed by atoms with Gasteiger partial charge in [0.25, 0.3) is 0 Å². The fraction of sp³-hybridized carbons (Fsp3) is 1.00. The van der Waals surface area contributed by atoms with Gasteiger partial charge in [-0.15, -0.1) is 0 Å². The molecule has 0 fully saturated rings. The predicted molar refractivity (Wildman–Crippen MR) is 39.8 cm³/mol. The molecule has 0 radical (unpaired) electrons. The lowest BCUT2D eigenvalue weighted by Crippen LogP contribution is -2.10. The van der Waals surface area contributed by atoms with E-state index in [0.29, 0.717) is 6.61 Å². The Labute approximate surface area is 58.3 Å². The van der Waals surface area contributed by atoms with Gasteiger partial charge in [0.1, 0.15) is 0 Å². The van der Waals surface area contributed by atoms with Gasteiger partial charge in [0.15, 0.2) is 0 Å². The molecule has 0 aliphatic rings. The van der Waals surface area contributed by atoms with Crippen LogP contribution in [0, 0.1) is 0 Å². The first kappa shape index (κ1) is 7.69. The molecule has 0 rings (SSSR count). The number of hydrogen-bond donors (Lipinski definition) is 1. The normalized spacial score (nSPS) is 12.0. The van der Waals surface area contributed by atoms with Gasteiger partial charge < -0.3 is 5.11 Å². The fourth-order valence-corrected chi connectivity index (χ4v) is 0.507. The first-order valence-electron chi connectivity index (χ1n) is 2.36. The van der Waals surface area contributed by atoms with E-state index in [1.54, 1.807) is 0 Å². The Morgan fingerprint density at radius 3 is 2.00 bits per heavy atom. The molecular weight excluding hydrogens is 203 g/mol. The van der Waals surface area contributed by atoms with Crippen LogP contribution >= 0.6 is 22.6 Å². The summed E-state index contributed by atoms with van der Waals surface area (Å²) in [5.41, 5.74) is 0. The highest BCUT2D eigenvalue weighted by molar-refractivity contribution is 14.1. The van der Waals surface area contributed by atoms with Crippen LogP contribution in [0.1, 0.15) is 20.3 Å². The fourth-order valence-electron chi connectivity index (χ4n) is 0.266. The molecule has 1 N–H and O–H groups in total. The monoisotopic (exact) mass is 214 g/mol. The van der Waals surface area contributed by atoms with E-state index in [4.69, 9.17) is 5.11 Å². The number of aliphatic hydroxyl groups excluding tert-OH is 1. The molecule has 0 aliphatic heterocycles. The van der Waals surface area contributed by atoms with Crippen molar-refractivity contribution < 1.29 is 5.11 Å². The van der Waals surface area contributed by atoms with Gasteiger partial charge in [0.05, 0.1) is 0 Å². The lowest BCUT2D eigenvalue weighted by molar-refractivity contribution is 0.278. The molecule has 2 heteroatoms. The van der Waals surface area contributed by atoms with Gasteiger partial charge in [-0.3, -0.25) is 0 Å². The maximum Gasteiger partial charge on any atom is 0.0443 e. The Balaban J connectivity index is 3.15. The molecule has 1 nitrogen and oxygen atoms in total. The van der Waals surface area contributed by atoms with Crippen LogP contribution in [0.15, 0.2) is 0 Å². The minimum Gasteiger partial charge on any atom is -0.396 e. The molecule has 0 aromatic rings. The number of alkyl halides is 1. The third kappa shape index (κ3) is 6.69. The van der Waals surface area contributed by atoms with Crippen LogP contribution in [0.2, 0.25) is 0 Å². The highest BCUT2D eigenvalue weighted by atomic mass is 127. The Morgan fingerprint density at radius 1 is 1.57 bits per heavy atom. The van der Waals surface area contributed by atoms with Gasteiger partial charge in [-0.05, 0) is 6.42 Å². The maximum atomic E-state index is 8.40. The number of halogens is 1. The molecule has 7 heavy (non-hydrogen) atoms. The Kier molecular flexibility index (Phi) is 3.15. The molecule has 0 saturated carbocycles. The molecule has 0 aromatic carbocycles. The van der Waals surface area contributed by atoms with E-state index in [9.17, 15) is 0 Å². The second-order valence-electron chi connectivity index (χ2n) is 2.19. The third-order valence-corrected chi connectivity index (χ3v) is 1.25. The van der Waals surface area contributed by atoms with Crippen molar-refractivity contribution in [3.8, 4) is 0 Å². The molecule has 0 spiro atoms. The second-order valence-corrected chi connectivity index (χ2v) is 5.11. The average Bonchev–Trinajstić information content (AvgIpc) is 1.30. The summed E-state index contributed by atoms with van der Waals surface area (Å²) in [6.45, 7) is 4.50. The molecule has 0 saturated heterocycles. The van der Waals surface area contributed by atoms with E-state index in [-0.39, 0.29) is 3.42 Å². The summed E-state index contributed by atoms with van der Waals surface area (Å²) in [5, 5.41) is 8.40. The van der Waals surface area contributed by atoms with Crippen molar-refractivity contribution in [1.29, 1.82) is 0 Å². The lowest BCUT2D eigenvalue weighted by atomic mass is 10.1. The van der Waals surface area contributed by atoms with Crippen molar-refractivity contribution >= 4 is 22.6 Å². The van der Waals surface area contributed by atoms with Crippen molar-refractivity contribution in [2.24, 2.45) is 0 Å². The van der Waals surface area contributed by atoms with Crippen molar-refractivity contribution in [1.82, 2.24) is 0 Å². The Morgan fingerprint density at radius 2 is 2.00 bits per heavy atom. The van der Waals surface area contributed by atoms with Crippen LogP contribution in [-0.2, 0) is 0 Å². The molecule has 0 atom stereocenters. The van der Waals surface area contributed by atoms with Crippen molar-refractivity contribution in [3.05, 3.63) is 0 Å². The number of aliphatic hydroxyl groups is 1. The van der Waals surface area contributed by atoms with Gasteiger partial charge >= 0.3 is 0 Å². The van der Waals surface area contributed by atoms with E-state index in [1.165, 1.54) is 0 Å². The zero-order chi connectivity index (χ0) is 5.91. The van der Waals surface area contributed by atoms with Gasteiger partial charge in [0.2, 0.25) is 0 Å². The first-order chi connectivity index (χ1) is 3.06. The van der Waals surface area contributed by atoms with Crippen molar-refractivity contribution in [2.75, 3.05) is 6.61 Å². The van der Waals surface area contributed by atoms with Gasteiger partial charge in [-0.2, -0.15) is 0 Å². The number of hydrogen-bond acceptors (Lipinski definition) is 1. The molecule has 0 amide bonds. The molecule has 44 valence electrons. The average molecular weight is 214 g/mol. The highest BCUT2D eigenvalue weighted by Crippen LogP contribution is 2.19. The minimum atomic E-state index is 0.270. The topological polar surface area (TPSA) is 20.2 Å². The van der Waals surface area contributed by atoms with Crippen molar-refractivity contribution in [3.63, 3.8) is 0 Å². The zero-order valence-electron chi connectivity index (χ0n) is 4.74. The Bertz CT molecular complexity index is 46.5. The maximum absolute atomic E-state index is 8.40. The predicted octanol–water partition coefficient (Wildman–Crippen LogP) is 1.58. The summed E-state index contributed by atoms with van der Waals surface area (Å²) in [6, 6.07) is 0. The molecule has 0 unspecified atom stereocenters. The van der Waals surface area contributed by atoms with Gasteiger partial charge in [-0.1, -0.05) is 36.4 Å². The summed E-state index contributed by atoms with van der Waals surface area (Å²) in [5.74, 6) is 0. The van der Waals surface area contributed by atoms with Crippen LogP contribution < -0.4 is 0 Å².